The molecule has 0 aliphatic carbocycles. The zero-order chi connectivity index (χ0) is 11.4. The first-order valence-electron chi connectivity index (χ1n) is 5.12. The van der Waals surface area contributed by atoms with Crippen molar-refractivity contribution in [1.82, 2.24) is 9.88 Å². The van der Waals surface area contributed by atoms with Gasteiger partial charge in [0.1, 0.15) is 5.76 Å². The standard InChI is InChI=1S/C11H15N3OS/c1-14(6-9-7-16-8-13-9)10(5-12)11-3-2-4-15-11/h2-4,7-8,10H,5-6,12H2,1H3. The molecule has 0 saturated heterocycles. The van der Waals surface area contributed by atoms with Crippen LogP contribution in [0.25, 0.3) is 0 Å². The van der Waals surface area contributed by atoms with E-state index >= 15 is 0 Å². The van der Waals surface area contributed by atoms with Crippen LogP contribution in [0.3, 0.4) is 0 Å². The van der Waals surface area contributed by atoms with Crippen LogP contribution in [0.15, 0.2) is 33.7 Å². The molecule has 2 rings (SSSR count). The Balaban J connectivity index is 2.04. The molecule has 1 atom stereocenters. The van der Waals surface area contributed by atoms with Gasteiger partial charge in [0, 0.05) is 18.5 Å². The lowest BCUT2D eigenvalue weighted by molar-refractivity contribution is 0.211. The van der Waals surface area contributed by atoms with E-state index in [2.05, 4.69) is 9.88 Å². The highest BCUT2D eigenvalue weighted by Gasteiger charge is 2.18. The van der Waals surface area contributed by atoms with E-state index < -0.39 is 0 Å². The number of nitrogens with zero attached hydrogens (tertiary/aromatic N) is 2. The van der Waals surface area contributed by atoms with Crippen molar-refractivity contribution in [3.63, 3.8) is 0 Å². The van der Waals surface area contributed by atoms with Gasteiger partial charge in [-0.2, -0.15) is 0 Å². The van der Waals surface area contributed by atoms with Crippen molar-refractivity contribution in [2.45, 2.75) is 12.6 Å². The average Bonchev–Trinajstić information content (AvgIpc) is 2.91. The van der Waals surface area contributed by atoms with Gasteiger partial charge < -0.3 is 10.2 Å². The van der Waals surface area contributed by atoms with Crippen molar-refractivity contribution < 1.29 is 4.42 Å². The summed E-state index contributed by atoms with van der Waals surface area (Å²) in [5.41, 5.74) is 8.68. The quantitative estimate of drug-likeness (QED) is 0.862. The first-order valence-corrected chi connectivity index (χ1v) is 6.06. The SMILES string of the molecule is CN(Cc1cscn1)C(CN)c1ccco1. The molecule has 2 N–H and O–H groups in total. The fraction of sp³-hybridized carbons (Fsp3) is 0.364. The van der Waals surface area contributed by atoms with E-state index in [1.54, 1.807) is 17.6 Å². The third-order valence-corrected chi connectivity index (χ3v) is 3.16. The molecule has 4 nitrogen and oxygen atoms in total. The van der Waals surface area contributed by atoms with E-state index in [1.165, 1.54) is 0 Å². The molecule has 0 aliphatic rings. The second-order valence-corrected chi connectivity index (χ2v) is 4.38. The van der Waals surface area contributed by atoms with E-state index in [0.717, 1.165) is 18.0 Å². The van der Waals surface area contributed by atoms with Gasteiger partial charge in [-0.1, -0.05) is 0 Å². The van der Waals surface area contributed by atoms with E-state index in [-0.39, 0.29) is 6.04 Å². The Bertz CT molecular complexity index is 399. The monoisotopic (exact) mass is 237 g/mol. The van der Waals surface area contributed by atoms with Gasteiger partial charge in [-0.3, -0.25) is 4.90 Å². The highest BCUT2D eigenvalue weighted by molar-refractivity contribution is 7.07. The molecular weight excluding hydrogens is 222 g/mol. The van der Waals surface area contributed by atoms with Crippen molar-refractivity contribution in [3.05, 3.63) is 40.7 Å². The summed E-state index contributed by atoms with van der Waals surface area (Å²) >= 11 is 1.61. The van der Waals surface area contributed by atoms with Crippen molar-refractivity contribution in [3.8, 4) is 0 Å². The summed E-state index contributed by atoms with van der Waals surface area (Å²) in [7, 11) is 2.03. The van der Waals surface area contributed by atoms with Gasteiger partial charge >= 0.3 is 0 Å². The minimum absolute atomic E-state index is 0.108. The lowest BCUT2D eigenvalue weighted by Gasteiger charge is -2.24. The molecule has 5 heteroatoms. The summed E-state index contributed by atoms with van der Waals surface area (Å²) < 4.78 is 5.39. The second kappa shape index (κ2) is 5.25. The van der Waals surface area contributed by atoms with Gasteiger partial charge in [0.25, 0.3) is 0 Å². The molecular formula is C11H15N3OS. The molecule has 1 unspecified atom stereocenters. The first kappa shape index (κ1) is 11.3. The van der Waals surface area contributed by atoms with Crippen LogP contribution in [-0.4, -0.2) is 23.5 Å². The van der Waals surface area contributed by atoms with Gasteiger partial charge in [0.2, 0.25) is 0 Å². The highest BCUT2D eigenvalue weighted by Crippen LogP contribution is 2.20. The molecule has 2 heterocycles. The number of thiazole rings is 1. The number of rotatable bonds is 5. The van der Waals surface area contributed by atoms with Crippen LogP contribution in [0, 0.1) is 0 Å². The fourth-order valence-corrected chi connectivity index (χ4v) is 2.23. The molecule has 0 saturated carbocycles. The Morgan fingerprint density at radius 2 is 2.50 bits per heavy atom. The van der Waals surface area contributed by atoms with Crippen molar-refractivity contribution in [2.75, 3.05) is 13.6 Å². The van der Waals surface area contributed by atoms with E-state index in [9.17, 15) is 0 Å². The Morgan fingerprint density at radius 1 is 1.62 bits per heavy atom. The zero-order valence-corrected chi connectivity index (χ0v) is 9.98. The highest BCUT2D eigenvalue weighted by atomic mass is 32.1. The largest absolute Gasteiger partial charge is 0.468 e. The summed E-state index contributed by atoms with van der Waals surface area (Å²) in [6.07, 6.45) is 1.68. The zero-order valence-electron chi connectivity index (χ0n) is 9.17. The molecule has 0 bridgehead atoms. The van der Waals surface area contributed by atoms with Gasteiger partial charge in [-0.15, -0.1) is 11.3 Å². The number of nitrogens with two attached hydrogens (primary N) is 1. The molecule has 2 aromatic rings. The van der Waals surface area contributed by atoms with Crippen LogP contribution in [-0.2, 0) is 6.54 Å². The third-order valence-electron chi connectivity index (χ3n) is 2.52. The van der Waals surface area contributed by atoms with Gasteiger partial charge in [-0.05, 0) is 19.2 Å². The smallest absolute Gasteiger partial charge is 0.122 e. The Kier molecular flexibility index (Phi) is 3.71. The van der Waals surface area contributed by atoms with Crippen LogP contribution in [0.2, 0.25) is 0 Å². The number of hydrogen-bond donors (Lipinski definition) is 1. The van der Waals surface area contributed by atoms with Crippen LogP contribution in [0.4, 0.5) is 0 Å². The van der Waals surface area contributed by atoms with Crippen LogP contribution in [0.1, 0.15) is 17.5 Å². The van der Waals surface area contributed by atoms with Crippen LogP contribution < -0.4 is 5.73 Å². The maximum Gasteiger partial charge on any atom is 0.122 e. The van der Waals surface area contributed by atoms with Crippen molar-refractivity contribution >= 4 is 11.3 Å². The van der Waals surface area contributed by atoms with E-state index in [0.29, 0.717) is 6.54 Å². The molecule has 16 heavy (non-hydrogen) atoms. The molecule has 0 aromatic carbocycles. The minimum atomic E-state index is 0.108. The Hall–Kier alpha value is -1.17. The Labute approximate surface area is 98.7 Å². The number of furan rings is 1. The molecule has 2 aromatic heterocycles. The lowest BCUT2D eigenvalue weighted by Crippen LogP contribution is -2.29. The fourth-order valence-electron chi connectivity index (χ4n) is 1.68. The molecule has 0 radical (unpaired) electrons. The molecule has 0 aliphatic heterocycles. The van der Waals surface area contributed by atoms with Crippen molar-refractivity contribution in [2.24, 2.45) is 5.73 Å². The molecule has 86 valence electrons. The minimum Gasteiger partial charge on any atom is -0.468 e. The Morgan fingerprint density at radius 3 is 3.06 bits per heavy atom. The summed E-state index contributed by atoms with van der Waals surface area (Å²) in [5, 5.41) is 2.05. The van der Waals surface area contributed by atoms with Gasteiger partial charge in [0.15, 0.2) is 0 Å². The number of hydrogen-bond acceptors (Lipinski definition) is 5. The average molecular weight is 237 g/mol. The summed E-state index contributed by atoms with van der Waals surface area (Å²) in [6, 6.07) is 3.95. The maximum absolute atomic E-state index is 5.77. The van der Waals surface area contributed by atoms with Gasteiger partial charge in [-0.25, -0.2) is 4.98 Å². The van der Waals surface area contributed by atoms with Crippen molar-refractivity contribution in [1.29, 1.82) is 0 Å². The van der Waals surface area contributed by atoms with Crippen LogP contribution >= 0.6 is 11.3 Å². The summed E-state index contributed by atoms with van der Waals surface area (Å²) in [4.78, 5) is 6.41. The normalized spacial score (nSPS) is 13.2. The third kappa shape index (κ3) is 2.49. The van der Waals surface area contributed by atoms with Gasteiger partial charge in [0.05, 0.1) is 23.5 Å². The second-order valence-electron chi connectivity index (χ2n) is 3.66. The predicted octanol–water partition coefficient (Wildman–Crippen LogP) is 1.87. The number of aromatic nitrogens is 1. The predicted molar refractivity (Wildman–Crippen MR) is 64.1 cm³/mol. The molecule has 0 spiro atoms. The molecule has 0 fully saturated rings. The first-order chi connectivity index (χ1) is 7.81. The van der Waals surface area contributed by atoms with Crippen LogP contribution in [0.5, 0.6) is 0 Å². The lowest BCUT2D eigenvalue weighted by atomic mass is 10.2. The maximum atomic E-state index is 5.77. The number of likely N-dealkylation sites (N-methyl/N-ethyl adjacent to an activating group) is 1. The van der Waals surface area contributed by atoms with E-state index in [4.69, 9.17) is 10.2 Å². The van der Waals surface area contributed by atoms with E-state index in [1.807, 2.05) is 30.1 Å². The molecule has 0 amide bonds. The summed E-state index contributed by atoms with van der Waals surface area (Å²) in [6.45, 7) is 1.32. The summed E-state index contributed by atoms with van der Waals surface area (Å²) in [5.74, 6) is 0.903. The topological polar surface area (TPSA) is 55.3 Å².